The number of rotatable bonds is 8. The molecule has 0 aromatic heterocycles. The Morgan fingerprint density at radius 2 is 1.93 bits per heavy atom. The first kappa shape index (κ1) is 23.4. The van der Waals surface area contributed by atoms with Gasteiger partial charge in [-0.1, -0.05) is 26.8 Å². The van der Waals surface area contributed by atoms with Crippen LogP contribution in [0.2, 0.25) is 0 Å². The largest absolute Gasteiger partial charge is 0.469 e. The van der Waals surface area contributed by atoms with Gasteiger partial charge in [0, 0.05) is 31.7 Å². The summed E-state index contributed by atoms with van der Waals surface area (Å²) in [5.41, 5.74) is 1.25. The van der Waals surface area contributed by atoms with E-state index in [9.17, 15) is 24.8 Å². The molecule has 0 unspecified atom stereocenters. The van der Waals surface area contributed by atoms with E-state index >= 15 is 0 Å². The van der Waals surface area contributed by atoms with E-state index in [4.69, 9.17) is 4.74 Å². The highest BCUT2D eigenvalue weighted by Crippen LogP contribution is 2.36. The number of hydrogen-bond donors (Lipinski definition) is 1. The summed E-state index contributed by atoms with van der Waals surface area (Å²) in [6, 6.07) is 5.16. The lowest BCUT2D eigenvalue weighted by Gasteiger charge is -2.39. The van der Waals surface area contributed by atoms with Gasteiger partial charge in [-0.3, -0.25) is 14.9 Å². The minimum atomic E-state index is -0.932. The van der Waals surface area contributed by atoms with Crippen molar-refractivity contribution in [2.75, 3.05) is 31.6 Å². The highest BCUT2D eigenvalue weighted by atomic mass is 16.6. The van der Waals surface area contributed by atoms with Gasteiger partial charge < -0.3 is 19.6 Å². The number of anilines is 1. The molecule has 0 radical (unpaired) electrons. The van der Waals surface area contributed by atoms with Gasteiger partial charge in [-0.15, -0.1) is 0 Å². The number of nitro groups is 1. The maximum absolute atomic E-state index is 11.9. The fourth-order valence-electron chi connectivity index (χ4n) is 3.89. The summed E-state index contributed by atoms with van der Waals surface area (Å²) in [5.74, 6) is -0.288. The molecule has 1 heterocycles. The fraction of sp³-hybridized carbons (Fsp3) is 0.619. The van der Waals surface area contributed by atoms with Crippen molar-refractivity contribution >= 4 is 23.4 Å². The van der Waals surface area contributed by atoms with Gasteiger partial charge in [-0.25, -0.2) is 4.79 Å². The second-order valence-corrected chi connectivity index (χ2v) is 8.23. The number of benzene rings is 1. The summed E-state index contributed by atoms with van der Waals surface area (Å²) in [7, 11) is 1.32. The number of nitrogens with zero attached hydrogens (tertiary/aromatic N) is 3. The Balaban J connectivity index is 2.34. The standard InChI is InChI=1S/C21H31N3O6/c1-14(2)13-23(17-7-9-22(10-8-17)21(26)27)18-6-5-16(12-19(18)24(28)29)15(3)11-20(25)30-4/h5-6,12,14-15,17H,7-11,13H2,1-4H3,(H,26,27)/t15-/m1/s1. The molecule has 1 aromatic carbocycles. The lowest BCUT2D eigenvalue weighted by Crippen LogP contribution is -2.47. The summed E-state index contributed by atoms with van der Waals surface area (Å²) < 4.78 is 4.70. The van der Waals surface area contributed by atoms with Crippen LogP contribution >= 0.6 is 0 Å². The number of nitro benzene ring substituents is 1. The van der Waals surface area contributed by atoms with E-state index in [-0.39, 0.29) is 40.9 Å². The molecule has 1 fully saturated rings. The van der Waals surface area contributed by atoms with Crippen molar-refractivity contribution in [3.8, 4) is 0 Å². The smallest absolute Gasteiger partial charge is 0.407 e. The van der Waals surface area contributed by atoms with E-state index in [0.29, 0.717) is 43.7 Å². The Morgan fingerprint density at radius 3 is 2.43 bits per heavy atom. The summed E-state index contributed by atoms with van der Waals surface area (Å²) in [5, 5.41) is 21.1. The second kappa shape index (κ2) is 10.3. The van der Waals surface area contributed by atoms with Crippen molar-refractivity contribution in [3.05, 3.63) is 33.9 Å². The van der Waals surface area contributed by atoms with Crippen LogP contribution in [0.15, 0.2) is 18.2 Å². The normalized spacial score (nSPS) is 15.7. The van der Waals surface area contributed by atoms with Gasteiger partial charge in [-0.05, 0) is 36.3 Å². The molecule has 9 heteroatoms. The molecular formula is C21H31N3O6. The van der Waals surface area contributed by atoms with Crippen molar-refractivity contribution in [3.63, 3.8) is 0 Å². The van der Waals surface area contributed by atoms with Gasteiger partial charge in [0.25, 0.3) is 5.69 Å². The highest BCUT2D eigenvalue weighted by molar-refractivity contribution is 5.71. The van der Waals surface area contributed by atoms with Crippen molar-refractivity contribution in [2.45, 2.75) is 52.0 Å². The molecule has 30 heavy (non-hydrogen) atoms. The Kier molecular flexibility index (Phi) is 8.02. The number of carbonyl (C=O) groups is 2. The van der Waals surface area contributed by atoms with Gasteiger partial charge in [0.2, 0.25) is 0 Å². The first-order valence-corrected chi connectivity index (χ1v) is 10.2. The molecule has 1 aliphatic rings. The molecule has 0 aliphatic carbocycles. The third kappa shape index (κ3) is 5.84. The van der Waals surface area contributed by atoms with E-state index in [1.807, 2.05) is 13.0 Å². The van der Waals surface area contributed by atoms with Crippen molar-refractivity contribution < 1.29 is 24.4 Å². The molecule has 1 N–H and O–H groups in total. The summed E-state index contributed by atoms with van der Waals surface area (Å²) >= 11 is 0. The molecule has 1 amide bonds. The third-order valence-electron chi connectivity index (χ3n) is 5.51. The average Bonchev–Trinajstić information content (AvgIpc) is 2.71. The van der Waals surface area contributed by atoms with Crippen LogP contribution < -0.4 is 4.90 Å². The number of likely N-dealkylation sites (tertiary alicyclic amines) is 1. The van der Waals surface area contributed by atoms with E-state index in [0.717, 1.165) is 0 Å². The predicted octanol–water partition coefficient (Wildman–Crippen LogP) is 3.87. The first-order valence-electron chi connectivity index (χ1n) is 10.2. The number of piperidine rings is 1. The second-order valence-electron chi connectivity index (χ2n) is 8.23. The van der Waals surface area contributed by atoms with E-state index < -0.39 is 6.09 Å². The molecule has 0 spiro atoms. The Hall–Kier alpha value is -2.84. The van der Waals surface area contributed by atoms with E-state index in [2.05, 4.69) is 18.7 Å². The number of methoxy groups -OCH3 is 1. The van der Waals surface area contributed by atoms with Crippen LogP contribution in [0, 0.1) is 16.0 Å². The van der Waals surface area contributed by atoms with Gasteiger partial charge in [0.05, 0.1) is 18.5 Å². The first-order chi connectivity index (χ1) is 14.1. The quantitative estimate of drug-likeness (QED) is 0.385. The molecule has 1 atom stereocenters. The monoisotopic (exact) mass is 421 g/mol. The molecule has 0 bridgehead atoms. The van der Waals surface area contributed by atoms with Gasteiger partial charge in [0.1, 0.15) is 5.69 Å². The van der Waals surface area contributed by atoms with Gasteiger partial charge >= 0.3 is 12.1 Å². The van der Waals surface area contributed by atoms with Crippen LogP contribution in [0.4, 0.5) is 16.2 Å². The maximum Gasteiger partial charge on any atom is 0.407 e. The van der Waals surface area contributed by atoms with Crippen LogP contribution in [0.5, 0.6) is 0 Å². The molecule has 9 nitrogen and oxygen atoms in total. The van der Waals surface area contributed by atoms with E-state index in [1.54, 1.807) is 12.1 Å². The molecule has 1 aromatic rings. The maximum atomic E-state index is 11.9. The summed E-state index contributed by atoms with van der Waals surface area (Å²) in [6.07, 6.45) is 0.461. The number of hydrogen-bond acceptors (Lipinski definition) is 6. The van der Waals surface area contributed by atoms with Crippen LogP contribution in [0.3, 0.4) is 0 Å². The number of carboxylic acid groups (broad SMARTS) is 1. The molecule has 1 aliphatic heterocycles. The Bertz CT molecular complexity index is 774. The van der Waals surface area contributed by atoms with Crippen molar-refractivity contribution in [1.82, 2.24) is 4.90 Å². The Labute approximate surface area is 176 Å². The van der Waals surface area contributed by atoms with Gasteiger partial charge in [-0.2, -0.15) is 0 Å². The van der Waals surface area contributed by atoms with Crippen LogP contribution in [0.1, 0.15) is 51.5 Å². The summed E-state index contributed by atoms with van der Waals surface area (Å²) in [6.45, 7) is 7.40. The number of amides is 1. The molecule has 2 rings (SSSR count). The third-order valence-corrected chi connectivity index (χ3v) is 5.51. The zero-order valence-electron chi connectivity index (χ0n) is 18.0. The van der Waals surface area contributed by atoms with Crippen molar-refractivity contribution in [2.24, 2.45) is 5.92 Å². The topological polar surface area (TPSA) is 113 Å². The minimum Gasteiger partial charge on any atom is -0.469 e. The number of ether oxygens (including phenoxy) is 1. The lowest BCUT2D eigenvalue weighted by molar-refractivity contribution is -0.384. The zero-order chi connectivity index (χ0) is 22.4. The zero-order valence-corrected chi connectivity index (χ0v) is 18.0. The van der Waals surface area contributed by atoms with Crippen LogP contribution in [0.25, 0.3) is 0 Å². The number of carbonyl (C=O) groups excluding carboxylic acids is 1. The average molecular weight is 421 g/mol. The van der Waals surface area contributed by atoms with E-state index in [1.165, 1.54) is 12.0 Å². The Morgan fingerprint density at radius 1 is 1.30 bits per heavy atom. The molecule has 166 valence electrons. The SMILES string of the molecule is COC(=O)C[C@@H](C)c1ccc(N(CC(C)C)C2CCN(C(=O)O)CC2)c([N+](=O)[O-])c1. The highest BCUT2D eigenvalue weighted by Gasteiger charge is 2.31. The van der Waals surface area contributed by atoms with Crippen molar-refractivity contribution in [1.29, 1.82) is 0 Å². The van der Waals surface area contributed by atoms with Crippen LogP contribution in [-0.2, 0) is 9.53 Å². The fourth-order valence-corrected chi connectivity index (χ4v) is 3.89. The predicted molar refractivity (Wildman–Crippen MR) is 113 cm³/mol. The molecular weight excluding hydrogens is 390 g/mol. The van der Waals surface area contributed by atoms with Gasteiger partial charge in [0.15, 0.2) is 0 Å². The summed E-state index contributed by atoms with van der Waals surface area (Å²) in [4.78, 5) is 37.7. The molecule has 0 saturated carbocycles. The minimum absolute atomic E-state index is 0.00512. The molecule has 1 saturated heterocycles. The van der Waals surface area contributed by atoms with Crippen LogP contribution in [-0.4, -0.2) is 59.8 Å². The number of esters is 1. The lowest BCUT2D eigenvalue weighted by atomic mass is 9.95.